The van der Waals surface area contributed by atoms with Gasteiger partial charge in [-0.05, 0) is 29.9 Å². The fourth-order valence-electron chi connectivity index (χ4n) is 1.34. The minimum absolute atomic E-state index is 0.322. The number of benzene rings is 1. The number of carbonyl (C=O) groups excluding carboxylic acids is 1. The molecule has 0 aliphatic carbocycles. The summed E-state index contributed by atoms with van der Waals surface area (Å²) in [5, 5.41) is 12.2. The normalized spacial score (nSPS) is 11.3. The van der Waals surface area contributed by atoms with E-state index in [-0.39, 0.29) is 0 Å². The minimum atomic E-state index is -4.30. The highest BCUT2D eigenvalue weighted by molar-refractivity contribution is 7.98. The Labute approximate surface area is 113 Å². The van der Waals surface area contributed by atoms with Crippen LogP contribution in [0.4, 0.5) is 18.0 Å². The SMILES string of the molecule is O=C([O-])NCCCSCc1ccc(C(F)(F)F)cc1. The standard InChI is InChI=1S/C12H14F3NO2S/c13-12(14,15)10-4-2-9(3-5-10)8-19-7-1-6-16-11(17)18/h2-5,16H,1,6-8H2,(H,17,18)/p-1. The Morgan fingerprint density at radius 1 is 1.26 bits per heavy atom. The summed E-state index contributed by atoms with van der Waals surface area (Å²) in [6.45, 7) is 0.322. The Morgan fingerprint density at radius 3 is 2.42 bits per heavy atom. The lowest BCUT2D eigenvalue weighted by Crippen LogP contribution is -2.37. The van der Waals surface area contributed by atoms with Gasteiger partial charge in [0.15, 0.2) is 0 Å². The van der Waals surface area contributed by atoms with Gasteiger partial charge in [-0.2, -0.15) is 24.9 Å². The Balaban J connectivity index is 2.25. The zero-order valence-corrected chi connectivity index (χ0v) is 10.8. The van der Waals surface area contributed by atoms with Crippen molar-refractivity contribution in [1.82, 2.24) is 5.32 Å². The van der Waals surface area contributed by atoms with E-state index in [1.165, 1.54) is 23.9 Å². The van der Waals surface area contributed by atoms with Crippen LogP contribution in [0, 0.1) is 0 Å². The van der Waals surface area contributed by atoms with Crippen LogP contribution in [0.5, 0.6) is 0 Å². The van der Waals surface area contributed by atoms with E-state index in [1.54, 1.807) is 0 Å². The predicted molar refractivity (Wildman–Crippen MR) is 65.6 cm³/mol. The Bertz CT molecular complexity index is 406. The molecule has 0 fully saturated rings. The summed E-state index contributed by atoms with van der Waals surface area (Å²) < 4.78 is 36.9. The number of amides is 1. The highest BCUT2D eigenvalue weighted by atomic mass is 32.2. The van der Waals surface area contributed by atoms with Gasteiger partial charge in [0.2, 0.25) is 0 Å². The molecule has 0 heterocycles. The van der Waals surface area contributed by atoms with Gasteiger partial charge >= 0.3 is 6.18 Å². The Hall–Kier alpha value is -1.37. The first kappa shape index (κ1) is 15.7. The van der Waals surface area contributed by atoms with E-state index in [1.807, 2.05) is 0 Å². The number of nitrogens with one attached hydrogen (secondary N) is 1. The zero-order chi connectivity index (χ0) is 14.3. The van der Waals surface area contributed by atoms with Crippen LogP contribution in [0.2, 0.25) is 0 Å². The van der Waals surface area contributed by atoms with Crippen LogP contribution in [-0.2, 0) is 11.9 Å². The van der Waals surface area contributed by atoms with Gasteiger partial charge in [-0.25, -0.2) is 0 Å². The van der Waals surface area contributed by atoms with E-state index in [9.17, 15) is 23.1 Å². The molecule has 0 saturated carbocycles. The second-order valence-corrected chi connectivity index (χ2v) is 4.92. The maximum Gasteiger partial charge on any atom is 0.416 e. The number of hydrogen-bond acceptors (Lipinski definition) is 3. The van der Waals surface area contributed by atoms with Crippen LogP contribution in [0.3, 0.4) is 0 Å². The third-order valence-electron chi connectivity index (χ3n) is 2.28. The fraction of sp³-hybridized carbons (Fsp3) is 0.417. The van der Waals surface area contributed by atoms with E-state index in [4.69, 9.17) is 0 Å². The number of thioether (sulfide) groups is 1. The second kappa shape index (κ2) is 7.28. The van der Waals surface area contributed by atoms with Crippen molar-refractivity contribution in [1.29, 1.82) is 0 Å². The van der Waals surface area contributed by atoms with Crippen LogP contribution >= 0.6 is 11.8 Å². The Kier molecular flexibility index (Phi) is 6.01. The molecule has 7 heteroatoms. The van der Waals surface area contributed by atoms with Gasteiger partial charge in [-0.1, -0.05) is 12.1 Å². The molecule has 106 valence electrons. The molecule has 0 saturated heterocycles. The molecule has 3 nitrogen and oxygen atoms in total. The van der Waals surface area contributed by atoms with Gasteiger partial charge in [-0.3, -0.25) is 0 Å². The van der Waals surface area contributed by atoms with Crippen LogP contribution in [0.25, 0.3) is 0 Å². The lowest BCUT2D eigenvalue weighted by molar-refractivity contribution is -0.250. The maximum absolute atomic E-state index is 12.3. The first-order valence-electron chi connectivity index (χ1n) is 5.58. The monoisotopic (exact) mass is 292 g/mol. The summed E-state index contributed by atoms with van der Waals surface area (Å²) in [5.41, 5.74) is 0.158. The number of hydrogen-bond donors (Lipinski definition) is 1. The third kappa shape index (κ3) is 6.37. The molecular weight excluding hydrogens is 279 g/mol. The third-order valence-corrected chi connectivity index (χ3v) is 3.40. The Morgan fingerprint density at radius 2 is 1.89 bits per heavy atom. The summed E-state index contributed by atoms with van der Waals surface area (Å²) in [6.07, 6.45) is -4.95. The zero-order valence-electron chi connectivity index (χ0n) is 10.00. The van der Waals surface area contributed by atoms with E-state index in [0.29, 0.717) is 18.7 Å². The van der Waals surface area contributed by atoms with Crippen molar-refractivity contribution in [3.05, 3.63) is 35.4 Å². The topological polar surface area (TPSA) is 52.2 Å². The van der Waals surface area contributed by atoms with Crippen molar-refractivity contribution in [3.8, 4) is 0 Å². The molecule has 0 atom stereocenters. The molecule has 1 aromatic carbocycles. The highest BCUT2D eigenvalue weighted by Gasteiger charge is 2.29. The molecule has 0 aliphatic rings. The summed E-state index contributed by atoms with van der Waals surface area (Å²) in [6, 6.07) is 5.03. The largest absolute Gasteiger partial charge is 0.530 e. The first-order valence-corrected chi connectivity index (χ1v) is 6.74. The quantitative estimate of drug-likeness (QED) is 0.818. The minimum Gasteiger partial charge on any atom is -0.530 e. The molecule has 0 spiro atoms. The molecule has 1 aromatic rings. The van der Waals surface area contributed by atoms with E-state index < -0.39 is 17.8 Å². The molecule has 0 unspecified atom stereocenters. The number of carboxylic acid groups (broad SMARTS) is 1. The summed E-state index contributed by atoms with van der Waals surface area (Å²) in [4.78, 5) is 10.0. The summed E-state index contributed by atoms with van der Waals surface area (Å²) >= 11 is 1.54. The molecule has 1 amide bonds. The molecule has 1 N–H and O–H groups in total. The molecule has 0 radical (unpaired) electrons. The van der Waals surface area contributed by atoms with Gasteiger partial charge in [0.1, 0.15) is 6.09 Å². The van der Waals surface area contributed by atoms with Crippen molar-refractivity contribution in [3.63, 3.8) is 0 Å². The highest BCUT2D eigenvalue weighted by Crippen LogP contribution is 2.29. The van der Waals surface area contributed by atoms with Crippen LogP contribution < -0.4 is 10.4 Å². The summed E-state index contributed by atoms with van der Waals surface area (Å²) in [7, 11) is 0. The second-order valence-electron chi connectivity index (χ2n) is 3.82. The molecular formula is C12H13F3NO2S-. The maximum atomic E-state index is 12.3. The van der Waals surface area contributed by atoms with Crippen molar-refractivity contribution >= 4 is 17.9 Å². The van der Waals surface area contributed by atoms with Crippen molar-refractivity contribution in [2.75, 3.05) is 12.3 Å². The average Bonchev–Trinajstić information content (AvgIpc) is 2.32. The van der Waals surface area contributed by atoms with E-state index in [2.05, 4.69) is 5.32 Å². The van der Waals surface area contributed by atoms with Gasteiger partial charge < -0.3 is 15.2 Å². The van der Waals surface area contributed by atoms with Crippen LogP contribution in [0.1, 0.15) is 17.5 Å². The molecule has 0 bridgehead atoms. The van der Waals surface area contributed by atoms with Crippen molar-refractivity contribution in [2.45, 2.75) is 18.3 Å². The van der Waals surface area contributed by atoms with E-state index >= 15 is 0 Å². The molecule has 19 heavy (non-hydrogen) atoms. The van der Waals surface area contributed by atoms with Crippen LogP contribution in [-0.4, -0.2) is 18.4 Å². The molecule has 0 aliphatic heterocycles. The van der Waals surface area contributed by atoms with E-state index in [0.717, 1.165) is 23.4 Å². The average molecular weight is 292 g/mol. The fourth-order valence-corrected chi connectivity index (χ4v) is 2.27. The van der Waals surface area contributed by atoms with Crippen molar-refractivity contribution < 1.29 is 23.1 Å². The van der Waals surface area contributed by atoms with Gasteiger partial charge in [-0.15, -0.1) is 0 Å². The molecule has 0 aromatic heterocycles. The number of rotatable bonds is 6. The predicted octanol–water partition coefficient (Wildman–Crippen LogP) is 2.26. The molecule has 1 rings (SSSR count). The van der Waals surface area contributed by atoms with Gasteiger partial charge in [0.05, 0.1) is 5.56 Å². The first-order chi connectivity index (χ1) is 8.89. The van der Waals surface area contributed by atoms with Gasteiger partial charge in [0.25, 0.3) is 0 Å². The van der Waals surface area contributed by atoms with Gasteiger partial charge in [0, 0.05) is 12.3 Å². The number of alkyl halides is 3. The number of carbonyl (C=O) groups is 1. The van der Waals surface area contributed by atoms with Crippen molar-refractivity contribution in [2.24, 2.45) is 0 Å². The summed E-state index contributed by atoms with van der Waals surface area (Å²) in [5.74, 6) is 1.32. The lowest BCUT2D eigenvalue weighted by Gasteiger charge is -2.08. The number of halogens is 3. The lowest BCUT2D eigenvalue weighted by atomic mass is 10.1. The van der Waals surface area contributed by atoms with Crippen LogP contribution in [0.15, 0.2) is 24.3 Å². The smallest absolute Gasteiger partial charge is 0.416 e.